The minimum absolute atomic E-state index is 0.0288. The molecule has 0 amide bonds. The van der Waals surface area contributed by atoms with Gasteiger partial charge in [-0.3, -0.25) is 0 Å². The Morgan fingerprint density at radius 2 is 1.19 bits per heavy atom. The van der Waals surface area contributed by atoms with Gasteiger partial charge in [0.05, 0.1) is 24.4 Å². The highest BCUT2D eigenvalue weighted by atomic mass is 79.9. The van der Waals surface area contributed by atoms with Crippen molar-refractivity contribution in [3.63, 3.8) is 0 Å². The number of benzene rings is 2. The normalized spacial score (nSPS) is 17.0. The molecule has 2 aromatic carbocycles. The number of ether oxygens (including phenoxy) is 2. The van der Waals surface area contributed by atoms with Gasteiger partial charge in [0, 0.05) is 4.47 Å². The van der Waals surface area contributed by atoms with Gasteiger partial charge in [0.2, 0.25) is 0 Å². The SMILES string of the molecule is CC1(C)OB(c2cccc(COCC(F)(F)F)c2)OC1(C)C.FC(F)(F)COCc1cccc(Br)c1. The monoisotopic (exact) mass is 584 g/mol. The van der Waals surface area contributed by atoms with Crippen molar-refractivity contribution in [2.24, 2.45) is 0 Å². The first kappa shape index (κ1) is 30.6. The van der Waals surface area contributed by atoms with Gasteiger partial charge in [0.15, 0.2) is 0 Å². The second-order valence-electron chi connectivity index (χ2n) is 9.18. The molecule has 1 fully saturated rings. The fourth-order valence-corrected chi connectivity index (χ4v) is 3.45. The lowest BCUT2D eigenvalue weighted by atomic mass is 9.78. The van der Waals surface area contributed by atoms with Gasteiger partial charge in [0.25, 0.3) is 0 Å². The Hall–Kier alpha value is -1.60. The van der Waals surface area contributed by atoms with Crippen LogP contribution in [0.2, 0.25) is 0 Å². The Balaban J connectivity index is 0.000000281. The van der Waals surface area contributed by atoms with E-state index in [2.05, 4.69) is 25.4 Å². The molecule has 2 aromatic rings. The van der Waals surface area contributed by atoms with Crippen LogP contribution in [-0.2, 0) is 32.0 Å². The quantitative estimate of drug-likeness (QED) is 0.272. The fraction of sp³-hybridized carbons (Fsp3) is 0.500. The molecule has 0 N–H and O–H groups in total. The van der Waals surface area contributed by atoms with Gasteiger partial charge in [-0.15, -0.1) is 0 Å². The van der Waals surface area contributed by atoms with E-state index in [4.69, 9.17) is 9.31 Å². The average molecular weight is 585 g/mol. The van der Waals surface area contributed by atoms with Gasteiger partial charge in [-0.2, -0.15) is 26.3 Å². The van der Waals surface area contributed by atoms with Gasteiger partial charge in [-0.25, -0.2) is 0 Å². The second kappa shape index (κ2) is 12.3. The molecular formula is C24H28BBrF6O4. The van der Waals surface area contributed by atoms with E-state index in [0.717, 1.165) is 9.94 Å². The van der Waals surface area contributed by atoms with Crippen LogP contribution in [0, 0.1) is 0 Å². The van der Waals surface area contributed by atoms with Crippen LogP contribution >= 0.6 is 15.9 Å². The molecule has 0 bridgehead atoms. The van der Waals surface area contributed by atoms with E-state index in [-0.39, 0.29) is 13.2 Å². The molecular weight excluding hydrogens is 557 g/mol. The molecule has 0 atom stereocenters. The summed E-state index contributed by atoms with van der Waals surface area (Å²) in [5, 5.41) is 0. The zero-order valence-electron chi connectivity index (χ0n) is 20.3. The van der Waals surface area contributed by atoms with Gasteiger partial charge in [-0.05, 0) is 56.4 Å². The van der Waals surface area contributed by atoms with E-state index < -0.39 is 43.9 Å². The van der Waals surface area contributed by atoms with Crippen LogP contribution in [0.25, 0.3) is 0 Å². The number of hydrogen-bond donors (Lipinski definition) is 0. The third kappa shape index (κ3) is 10.4. The van der Waals surface area contributed by atoms with Crippen LogP contribution in [-0.4, -0.2) is 43.9 Å². The number of rotatable bonds is 7. The zero-order chi connectivity index (χ0) is 27.2. The topological polar surface area (TPSA) is 36.9 Å². The number of alkyl halides is 6. The van der Waals surface area contributed by atoms with Crippen molar-refractivity contribution in [1.29, 1.82) is 0 Å². The predicted octanol–water partition coefficient (Wildman–Crippen LogP) is 6.59. The summed E-state index contributed by atoms with van der Waals surface area (Å²) in [5.41, 5.74) is 1.22. The van der Waals surface area contributed by atoms with Gasteiger partial charge in [-0.1, -0.05) is 52.3 Å². The molecule has 1 aliphatic heterocycles. The van der Waals surface area contributed by atoms with E-state index in [1.54, 1.807) is 42.5 Å². The maximum atomic E-state index is 12.1. The first-order valence-electron chi connectivity index (χ1n) is 11.0. The summed E-state index contributed by atoms with van der Waals surface area (Å²) in [6, 6.07) is 14.0. The molecule has 12 heteroatoms. The summed E-state index contributed by atoms with van der Waals surface area (Å²) in [4.78, 5) is 0. The Labute approximate surface area is 215 Å². The van der Waals surface area contributed by atoms with Crippen molar-refractivity contribution < 1.29 is 45.1 Å². The lowest BCUT2D eigenvalue weighted by Gasteiger charge is -2.32. The van der Waals surface area contributed by atoms with Crippen molar-refractivity contribution in [2.75, 3.05) is 13.2 Å². The highest BCUT2D eigenvalue weighted by Crippen LogP contribution is 2.36. The number of hydrogen-bond acceptors (Lipinski definition) is 4. The zero-order valence-corrected chi connectivity index (χ0v) is 21.9. The van der Waals surface area contributed by atoms with Crippen LogP contribution in [0.4, 0.5) is 26.3 Å². The lowest BCUT2D eigenvalue weighted by molar-refractivity contribution is -0.177. The molecule has 0 aliphatic carbocycles. The summed E-state index contributed by atoms with van der Waals surface area (Å²) < 4.78 is 93.2. The Bertz CT molecular complexity index is 966. The van der Waals surface area contributed by atoms with E-state index in [1.807, 2.05) is 33.8 Å². The maximum Gasteiger partial charge on any atom is 0.494 e. The smallest absolute Gasteiger partial charge is 0.399 e. The average Bonchev–Trinajstić information content (AvgIpc) is 2.94. The van der Waals surface area contributed by atoms with Crippen molar-refractivity contribution >= 4 is 28.5 Å². The summed E-state index contributed by atoms with van der Waals surface area (Å²) in [5.74, 6) is 0. The molecule has 200 valence electrons. The Kier molecular flexibility index (Phi) is 10.5. The summed E-state index contributed by atoms with van der Waals surface area (Å²) >= 11 is 3.22. The molecule has 0 saturated carbocycles. The summed E-state index contributed by atoms with van der Waals surface area (Å²) in [7, 11) is -0.535. The largest absolute Gasteiger partial charge is 0.494 e. The molecule has 0 unspecified atom stereocenters. The van der Waals surface area contributed by atoms with Crippen molar-refractivity contribution in [3.8, 4) is 0 Å². The molecule has 36 heavy (non-hydrogen) atoms. The Morgan fingerprint density at radius 3 is 1.64 bits per heavy atom. The number of halogens is 7. The second-order valence-corrected chi connectivity index (χ2v) is 10.1. The minimum Gasteiger partial charge on any atom is -0.399 e. The van der Waals surface area contributed by atoms with Gasteiger partial charge < -0.3 is 18.8 Å². The van der Waals surface area contributed by atoms with E-state index >= 15 is 0 Å². The van der Waals surface area contributed by atoms with Crippen molar-refractivity contribution in [1.82, 2.24) is 0 Å². The summed E-state index contributed by atoms with van der Waals surface area (Å²) in [6.07, 6.45) is -8.57. The van der Waals surface area contributed by atoms with E-state index in [1.165, 1.54) is 0 Å². The molecule has 1 heterocycles. The first-order valence-corrected chi connectivity index (χ1v) is 11.7. The molecule has 0 radical (unpaired) electrons. The highest BCUT2D eigenvalue weighted by Gasteiger charge is 2.51. The van der Waals surface area contributed by atoms with Crippen LogP contribution in [0.3, 0.4) is 0 Å². The standard InChI is InChI=1S/C15H20BF3O3.C9H8BrF3O/c1-13(2)14(3,4)22-16(21-13)12-7-5-6-11(8-12)9-20-10-15(17,18)19;10-8-3-1-2-7(4-8)5-14-6-9(11,12)13/h5-8H,9-10H2,1-4H3;1-4H,5-6H2. The molecule has 1 saturated heterocycles. The van der Waals surface area contributed by atoms with E-state index in [9.17, 15) is 26.3 Å². The van der Waals surface area contributed by atoms with Gasteiger partial charge >= 0.3 is 19.5 Å². The molecule has 3 rings (SSSR count). The van der Waals surface area contributed by atoms with Crippen LogP contribution in [0.5, 0.6) is 0 Å². The summed E-state index contributed by atoms with van der Waals surface area (Å²) in [6.45, 7) is 5.19. The predicted molar refractivity (Wildman–Crippen MR) is 128 cm³/mol. The third-order valence-electron chi connectivity index (χ3n) is 5.43. The minimum atomic E-state index is -4.32. The van der Waals surface area contributed by atoms with Crippen molar-refractivity contribution in [2.45, 2.75) is 64.5 Å². The maximum absolute atomic E-state index is 12.1. The highest BCUT2D eigenvalue weighted by molar-refractivity contribution is 9.10. The van der Waals surface area contributed by atoms with Crippen LogP contribution in [0.1, 0.15) is 38.8 Å². The Morgan fingerprint density at radius 1 is 0.750 bits per heavy atom. The molecule has 0 spiro atoms. The fourth-order valence-electron chi connectivity index (χ4n) is 3.00. The van der Waals surface area contributed by atoms with Crippen LogP contribution < -0.4 is 5.46 Å². The van der Waals surface area contributed by atoms with E-state index in [0.29, 0.717) is 11.1 Å². The lowest BCUT2D eigenvalue weighted by Crippen LogP contribution is -2.41. The first-order chi connectivity index (χ1) is 16.5. The molecule has 0 aromatic heterocycles. The van der Waals surface area contributed by atoms with Crippen LogP contribution in [0.15, 0.2) is 53.0 Å². The van der Waals surface area contributed by atoms with Gasteiger partial charge in [0.1, 0.15) is 13.2 Å². The third-order valence-corrected chi connectivity index (χ3v) is 5.93. The molecule has 4 nitrogen and oxygen atoms in total. The van der Waals surface area contributed by atoms with Crippen molar-refractivity contribution in [3.05, 3.63) is 64.1 Å². The molecule has 1 aliphatic rings.